The molecule has 7 heteroatoms. The Balaban J connectivity index is 1.40. The van der Waals surface area contributed by atoms with Crippen molar-refractivity contribution < 1.29 is 4.79 Å². The van der Waals surface area contributed by atoms with Crippen molar-refractivity contribution in [1.82, 2.24) is 14.9 Å². The molecule has 1 atom stereocenters. The fraction of sp³-hybridized carbons (Fsp3) is 0.296. The van der Waals surface area contributed by atoms with Crippen LogP contribution in [0.1, 0.15) is 29.5 Å². The third-order valence-electron chi connectivity index (χ3n) is 6.39. The predicted octanol–water partition coefficient (Wildman–Crippen LogP) is 4.35. The van der Waals surface area contributed by atoms with Crippen molar-refractivity contribution in [3.05, 3.63) is 93.1 Å². The number of anilines is 1. The Hall–Kier alpha value is -3.45. The average molecular weight is 473 g/mol. The van der Waals surface area contributed by atoms with Gasteiger partial charge in [-0.3, -0.25) is 14.2 Å². The molecule has 4 aromatic rings. The molecule has 2 aromatic carbocycles. The van der Waals surface area contributed by atoms with E-state index in [4.69, 9.17) is 4.98 Å². The fourth-order valence-electron chi connectivity index (χ4n) is 4.49. The zero-order valence-electron chi connectivity index (χ0n) is 19.2. The Bertz CT molecular complexity index is 1340. The van der Waals surface area contributed by atoms with Crippen LogP contribution in [0.15, 0.2) is 70.8 Å². The van der Waals surface area contributed by atoms with Crippen LogP contribution in [-0.2, 0) is 17.9 Å². The molecule has 2 aromatic heterocycles. The lowest BCUT2D eigenvalue weighted by atomic mass is 9.97. The number of rotatable bonds is 6. The Labute approximate surface area is 202 Å². The van der Waals surface area contributed by atoms with Crippen LogP contribution in [0.5, 0.6) is 0 Å². The summed E-state index contributed by atoms with van der Waals surface area (Å²) in [6.45, 7) is 4.36. The summed E-state index contributed by atoms with van der Waals surface area (Å²) >= 11 is 1.43. The molecule has 34 heavy (non-hydrogen) atoms. The second kappa shape index (κ2) is 9.81. The Morgan fingerprint density at radius 3 is 2.68 bits per heavy atom. The number of fused-ring (bicyclic) bond motifs is 1. The molecule has 174 valence electrons. The van der Waals surface area contributed by atoms with Gasteiger partial charge in [-0.15, -0.1) is 11.3 Å². The molecule has 1 aliphatic rings. The van der Waals surface area contributed by atoms with E-state index < -0.39 is 0 Å². The van der Waals surface area contributed by atoms with E-state index in [0.717, 1.165) is 36.0 Å². The maximum Gasteiger partial charge on any atom is 0.273 e. The number of carbonyl (C=O) groups excluding carboxylic acids is 1. The van der Waals surface area contributed by atoms with Gasteiger partial charge in [0.1, 0.15) is 4.70 Å². The minimum absolute atomic E-state index is 0.0220. The first-order chi connectivity index (χ1) is 16.6. The van der Waals surface area contributed by atoms with Gasteiger partial charge in [-0.25, -0.2) is 4.98 Å². The third-order valence-corrected chi connectivity index (χ3v) is 7.28. The second-order valence-corrected chi connectivity index (χ2v) is 9.83. The molecule has 1 unspecified atom stereocenters. The van der Waals surface area contributed by atoms with E-state index in [0.29, 0.717) is 30.3 Å². The van der Waals surface area contributed by atoms with E-state index in [1.807, 2.05) is 41.8 Å². The minimum atomic E-state index is -0.139. The largest absolute Gasteiger partial charge is 0.352 e. The highest BCUT2D eigenvalue weighted by atomic mass is 32.1. The monoisotopic (exact) mass is 472 g/mol. The number of aryl methyl sites for hydroxylation is 1. The number of nitrogens with one attached hydrogen (secondary N) is 1. The zero-order valence-corrected chi connectivity index (χ0v) is 20.1. The van der Waals surface area contributed by atoms with Gasteiger partial charge in [0.15, 0.2) is 0 Å². The van der Waals surface area contributed by atoms with Gasteiger partial charge < -0.3 is 10.2 Å². The number of hydrogen-bond donors (Lipinski definition) is 1. The van der Waals surface area contributed by atoms with Crippen LogP contribution >= 0.6 is 11.3 Å². The number of amides is 1. The second-order valence-electron chi connectivity index (χ2n) is 8.91. The molecule has 1 aliphatic heterocycles. The van der Waals surface area contributed by atoms with Gasteiger partial charge in [0.05, 0.1) is 18.0 Å². The van der Waals surface area contributed by atoms with E-state index in [1.165, 1.54) is 16.9 Å². The first kappa shape index (κ1) is 22.3. The van der Waals surface area contributed by atoms with Crippen molar-refractivity contribution in [3.8, 4) is 0 Å². The number of piperidine rings is 1. The Morgan fingerprint density at radius 2 is 1.88 bits per heavy atom. The van der Waals surface area contributed by atoms with Gasteiger partial charge in [0.25, 0.3) is 5.56 Å². The van der Waals surface area contributed by atoms with Crippen molar-refractivity contribution in [2.24, 2.45) is 5.92 Å². The highest BCUT2D eigenvalue weighted by Crippen LogP contribution is 2.25. The molecule has 0 bridgehead atoms. The van der Waals surface area contributed by atoms with Crippen molar-refractivity contribution in [2.75, 3.05) is 18.0 Å². The van der Waals surface area contributed by atoms with Crippen LogP contribution in [-0.4, -0.2) is 28.5 Å². The molecule has 5 rings (SSSR count). The number of hydrogen-bond acceptors (Lipinski definition) is 5. The summed E-state index contributed by atoms with van der Waals surface area (Å²) in [5.74, 6) is 0.565. The predicted molar refractivity (Wildman–Crippen MR) is 137 cm³/mol. The normalized spacial score (nSPS) is 16.0. The molecular weight excluding hydrogens is 444 g/mol. The molecule has 0 radical (unpaired) electrons. The number of aromatic nitrogens is 2. The Morgan fingerprint density at radius 1 is 1.09 bits per heavy atom. The van der Waals surface area contributed by atoms with Crippen LogP contribution in [0.4, 0.5) is 5.95 Å². The highest BCUT2D eigenvalue weighted by Gasteiger charge is 2.28. The molecule has 6 nitrogen and oxygen atoms in total. The summed E-state index contributed by atoms with van der Waals surface area (Å²) in [5, 5.41) is 5.00. The molecular formula is C27H28N4O2S. The molecule has 3 heterocycles. The summed E-state index contributed by atoms with van der Waals surface area (Å²) in [6.07, 6.45) is 1.71. The van der Waals surface area contributed by atoms with Gasteiger partial charge in [0.2, 0.25) is 11.9 Å². The summed E-state index contributed by atoms with van der Waals surface area (Å²) in [5.41, 5.74) is 4.02. The number of nitrogens with zero attached hydrogens (tertiary/aromatic N) is 3. The lowest BCUT2D eigenvalue weighted by Gasteiger charge is -2.34. The van der Waals surface area contributed by atoms with E-state index in [-0.39, 0.29) is 17.4 Å². The van der Waals surface area contributed by atoms with Gasteiger partial charge in [0, 0.05) is 19.6 Å². The standard InChI is InChI=1S/C27H28N4O2S/c1-19-9-11-21(12-10-19)17-31-26(33)24-23(13-15-34-24)29-27(31)30-14-5-8-22(18-30)25(32)28-16-20-6-3-2-4-7-20/h2-4,6-7,9-13,15,22H,5,8,14,16-18H2,1H3,(H,28,32). The van der Waals surface area contributed by atoms with E-state index >= 15 is 0 Å². The van der Waals surface area contributed by atoms with Crippen molar-refractivity contribution in [3.63, 3.8) is 0 Å². The van der Waals surface area contributed by atoms with Gasteiger partial charge in [-0.05, 0) is 42.3 Å². The Kier molecular flexibility index (Phi) is 6.45. The average Bonchev–Trinajstić information content (AvgIpc) is 3.35. The first-order valence-corrected chi connectivity index (χ1v) is 12.6. The van der Waals surface area contributed by atoms with Crippen LogP contribution < -0.4 is 15.8 Å². The number of benzene rings is 2. The van der Waals surface area contributed by atoms with Crippen LogP contribution in [0.3, 0.4) is 0 Å². The fourth-order valence-corrected chi connectivity index (χ4v) is 5.27. The molecule has 0 spiro atoms. The van der Waals surface area contributed by atoms with Crippen LogP contribution in [0.25, 0.3) is 10.2 Å². The lowest BCUT2D eigenvalue weighted by Crippen LogP contribution is -2.45. The molecule has 1 saturated heterocycles. The van der Waals surface area contributed by atoms with E-state index in [1.54, 1.807) is 4.57 Å². The van der Waals surface area contributed by atoms with Crippen molar-refractivity contribution in [2.45, 2.75) is 32.9 Å². The SMILES string of the molecule is Cc1ccc(Cn2c(N3CCCC(C(=O)NCc4ccccc4)C3)nc3ccsc3c2=O)cc1. The third kappa shape index (κ3) is 4.75. The molecule has 0 aliphatic carbocycles. The van der Waals surface area contributed by atoms with Crippen molar-refractivity contribution >= 4 is 33.4 Å². The lowest BCUT2D eigenvalue weighted by molar-refractivity contribution is -0.125. The molecule has 1 N–H and O–H groups in total. The summed E-state index contributed by atoms with van der Waals surface area (Å²) in [7, 11) is 0. The molecule has 1 fully saturated rings. The maximum atomic E-state index is 13.4. The van der Waals surface area contributed by atoms with Crippen LogP contribution in [0.2, 0.25) is 0 Å². The maximum absolute atomic E-state index is 13.4. The smallest absolute Gasteiger partial charge is 0.273 e. The number of thiophene rings is 1. The van der Waals surface area contributed by atoms with Gasteiger partial charge in [-0.2, -0.15) is 0 Å². The van der Waals surface area contributed by atoms with Gasteiger partial charge in [-0.1, -0.05) is 60.2 Å². The van der Waals surface area contributed by atoms with Gasteiger partial charge >= 0.3 is 0 Å². The van der Waals surface area contributed by atoms with Crippen LogP contribution in [0, 0.1) is 12.8 Å². The zero-order chi connectivity index (χ0) is 23.5. The quantitative estimate of drug-likeness (QED) is 0.453. The first-order valence-electron chi connectivity index (χ1n) is 11.7. The highest BCUT2D eigenvalue weighted by molar-refractivity contribution is 7.17. The summed E-state index contributed by atoms with van der Waals surface area (Å²) in [6, 6.07) is 20.1. The minimum Gasteiger partial charge on any atom is -0.352 e. The summed E-state index contributed by atoms with van der Waals surface area (Å²) < 4.78 is 2.44. The summed E-state index contributed by atoms with van der Waals surface area (Å²) in [4.78, 5) is 33.4. The van der Waals surface area contributed by atoms with Crippen molar-refractivity contribution in [1.29, 1.82) is 0 Å². The topological polar surface area (TPSA) is 67.2 Å². The molecule has 1 amide bonds. The molecule has 0 saturated carbocycles. The van der Waals surface area contributed by atoms with E-state index in [9.17, 15) is 9.59 Å². The number of carbonyl (C=O) groups is 1. The van der Waals surface area contributed by atoms with E-state index in [2.05, 4.69) is 41.4 Å².